The summed E-state index contributed by atoms with van der Waals surface area (Å²) in [5.41, 5.74) is 8.89. The van der Waals surface area contributed by atoms with Crippen LogP contribution < -0.4 is 20.3 Å². The van der Waals surface area contributed by atoms with Crippen LogP contribution >= 0.6 is 0 Å². The molecule has 2 N–H and O–H groups in total. The van der Waals surface area contributed by atoms with Crippen LogP contribution in [-0.4, -0.2) is 95.7 Å². The van der Waals surface area contributed by atoms with Crippen molar-refractivity contribution < 1.29 is 14.3 Å². The van der Waals surface area contributed by atoms with E-state index in [9.17, 15) is 9.59 Å². The minimum Gasteiger partial charge on any atom is -0.491 e. The Labute approximate surface area is 234 Å². The van der Waals surface area contributed by atoms with Gasteiger partial charge in [0.05, 0.1) is 30.4 Å². The van der Waals surface area contributed by atoms with Crippen molar-refractivity contribution in [3.8, 4) is 5.75 Å². The molecule has 212 valence electrons. The number of aryl methyl sites for hydroxylation is 1. The molecule has 11 nitrogen and oxygen atoms in total. The van der Waals surface area contributed by atoms with Gasteiger partial charge in [-0.1, -0.05) is 11.6 Å². The summed E-state index contributed by atoms with van der Waals surface area (Å²) in [5.74, 6) is 2.15. The number of benzene rings is 1. The Bertz CT molecular complexity index is 1420. The predicted molar refractivity (Wildman–Crippen MR) is 153 cm³/mol. The molecule has 2 amide bonds. The first-order chi connectivity index (χ1) is 19.4. The van der Waals surface area contributed by atoms with Crippen LogP contribution in [0.3, 0.4) is 0 Å². The molecule has 6 rings (SSSR count). The minimum atomic E-state index is -0.146. The van der Waals surface area contributed by atoms with Gasteiger partial charge in [-0.05, 0) is 44.7 Å². The van der Waals surface area contributed by atoms with E-state index in [0.717, 1.165) is 67.3 Å². The van der Waals surface area contributed by atoms with Crippen LogP contribution in [0.1, 0.15) is 53.3 Å². The van der Waals surface area contributed by atoms with Crippen molar-refractivity contribution in [3.63, 3.8) is 0 Å². The zero-order valence-electron chi connectivity index (χ0n) is 23.4. The molecule has 2 aromatic heterocycles. The number of nitrogens with two attached hydrogens (primary N) is 1. The van der Waals surface area contributed by atoms with E-state index in [4.69, 9.17) is 20.6 Å². The molecule has 2 fully saturated rings. The Morgan fingerprint density at radius 3 is 2.67 bits per heavy atom. The number of ether oxygens (including phenoxy) is 1. The van der Waals surface area contributed by atoms with Crippen LogP contribution in [0.4, 0.5) is 11.6 Å². The third-order valence-electron chi connectivity index (χ3n) is 8.31. The standard InChI is InChI=1S/C29H38N8O3/c1-20-7-8-24-21(16-20)29(39)36-11-4-3-6-23(36)22-17-26-31-25(34-9-5-10-34)18-27(37(26)32-22)33(2)12-13-35(14-15-40-24)28(38)19-30/h7-8,16-18,23H,3-6,9-15,19,30H2,1-2H3. The molecule has 3 aliphatic heterocycles. The van der Waals surface area contributed by atoms with Gasteiger partial charge < -0.3 is 30.1 Å². The van der Waals surface area contributed by atoms with Gasteiger partial charge in [0.15, 0.2) is 5.65 Å². The summed E-state index contributed by atoms with van der Waals surface area (Å²) in [6.07, 6.45) is 3.97. The first-order valence-electron chi connectivity index (χ1n) is 14.3. The third kappa shape index (κ3) is 4.94. The predicted octanol–water partition coefficient (Wildman–Crippen LogP) is 2.23. The van der Waals surface area contributed by atoms with E-state index >= 15 is 0 Å². The number of hydrogen-bond acceptors (Lipinski definition) is 8. The molecular formula is C29H38N8O3. The molecular weight excluding hydrogens is 508 g/mol. The molecule has 0 spiro atoms. The highest BCUT2D eigenvalue weighted by molar-refractivity contribution is 5.97. The molecule has 1 atom stereocenters. The first-order valence-corrected chi connectivity index (χ1v) is 14.3. The summed E-state index contributed by atoms with van der Waals surface area (Å²) in [5, 5.41) is 5.05. The highest BCUT2D eigenvalue weighted by Gasteiger charge is 2.33. The van der Waals surface area contributed by atoms with Gasteiger partial charge in [0.2, 0.25) is 5.91 Å². The van der Waals surface area contributed by atoms with E-state index in [1.54, 1.807) is 4.90 Å². The molecule has 2 bridgehead atoms. The number of amides is 2. The maximum absolute atomic E-state index is 14.1. The molecule has 0 saturated carbocycles. The Morgan fingerprint density at radius 2 is 1.90 bits per heavy atom. The minimum absolute atomic E-state index is 0.0611. The van der Waals surface area contributed by atoms with Gasteiger partial charge in [0, 0.05) is 51.9 Å². The summed E-state index contributed by atoms with van der Waals surface area (Å²) in [6.45, 7) is 6.22. The van der Waals surface area contributed by atoms with E-state index in [1.165, 1.54) is 0 Å². The number of fused-ring (bicyclic) bond motifs is 4. The largest absolute Gasteiger partial charge is 0.491 e. The zero-order valence-corrected chi connectivity index (χ0v) is 23.4. The number of aromatic nitrogens is 3. The zero-order chi connectivity index (χ0) is 27.8. The maximum Gasteiger partial charge on any atom is 0.258 e. The van der Waals surface area contributed by atoms with E-state index in [-0.39, 0.29) is 31.0 Å². The van der Waals surface area contributed by atoms with Gasteiger partial charge >= 0.3 is 0 Å². The summed E-state index contributed by atoms with van der Waals surface area (Å²) in [6, 6.07) is 9.66. The lowest BCUT2D eigenvalue weighted by Crippen LogP contribution is -2.43. The van der Waals surface area contributed by atoms with Crippen molar-refractivity contribution >= 4 is 29.1 Å². The van der Waals surface area contributed by atoms with E-state index in [1.807, 2.05) is 47.7 Å². The number of likely N-dealkylation sites (N-methyl/N-ethyl adjacent to an activating group) is 1. The normalized spacial score (nSPS) is 20.3. The highest BCUT2D eigenvalue weighted by atomic mass is 16.5. The van der Waals surface area contributed by atoms with Crippen molar-refractivity contribution in [2.24, 2.45) is 5.73 Å². The maximum atomic E-state index is 14.1. The second-order valence-corrected chi connectivity index (χ2v) is 11.0. The van der Waals surface area contributed by atoms with Crippen molar-refractivity contribution in [3.05, 3.63) is 47.2 Å². The Kier molecular flexibility index (Phi) is 7.22. The SMILES string of the molecule is Cc1ccc2c(c1)C(=O)N1CCCCC1c1cc3nc(N4CCC4)cc(n3n1)N(C)CCN(C(=O)CN)CCO2. The fraction of sp³-hybridized carbons (Fsp3) is 0.517. The lowest BCUT2D eigenvalue weighted by Gasteiger charge is -2.35. The Hall–Kier alpha value is -3.86. The van der Waals surface area contributed by atoms with Crippen LogP contribution in [0.25, 0.3) is 5.65 Å². The molecule has 1 unspecified atom stereocenters. The third-order valence-corrected chi connectivity index (χ3v) is 8.31. The number of nitrogens with zero attached hydrogens (tertiary/aromatic N) is 7. The second kappa shape index (κ2) is 11.0. The van der Waals surface area contributed by atoms with E-state index < -0.39 is 0 Å². The number of anilines is 2. The molecule has 0 aliphatic carbocycles. The molecule has 3 aromatic rings. The van der Waals surface area contributed by atoms with Crippen LogP contribution in [0, 0.1) is 6.92 Å². The topological polar surface area (TPSA) is 113 Å². The van der Waals surface area contributed by atoms with Crippen molar-refractivity contribution in [1.29, 1.82) is 0 Å². The molecule has 1 aromatic carbocycles. The number of carbonyl (C=O) groups is 2. The van der Waals surface area contributed by atoms with Gasteiger partial charge in [-0.3, -0.25) is 9.59 Å². The van der Waals surface area contributed by atoms with Gasteiger partial charge in [-0.2, -0.15) is 9.61 Å². The number of carbonyl (C=O) groups excluding carboxylic acids is 2. The summed E-state index contributed by atoms with van der Waals surface area (Å²) in [7, 11) is 2.01. The van der Waals surface area contributed by atoms with E-state index in [2.05, 4.69) is 15.9 Å². The molecule has 5 heterocycles. The Morgan fingerprint density at radius 1 is 1.05 bits per heavy atom. The van der Waals surface area contributed by atoms with Crippen molar-refractivity contribution in [2.45, 2.75) is 38.6 Å². The van der Waals surface area contributed by atoms with Gasteiger partial charge in [-0.25, -0.2) is 4.98 Å². The van der Waals surface area contributed by atoms with Crippen LogP contribution in [-0.2, 0) is 4.79 Å². The molecule has 11 heteroatoms. The summed E-state index contributed by atoms with van der Waals surface area (Å²) >= 11 is 0. The monoisotopic (exact) mass is 546 g/mol. The molecule has 0 radical (unpaired) electrons. The van der Waals surface area contributed by atoms with Crippen LogP contribution in [0.5, 0.6) is 5.75 Å². The van der Waals surface area contributed by atoms with Crippen molar-refractivity contribution in [2.75, 3.05) is 69.3 Å². The smallest absolute Gasteiger partial charge is 0.258 e. The van der Waals surface area contributed by atoms with Gasteiger partial charge in [0.1, 0.15) is 24.0 Å². The number of piperidine rings is 1. The van der Waals surface area contributed by atoms with E-state index in [0.29, 0.717) is 37.5 Å². The average Bonchev–Trinajstić information content (AvgIpc) is 3.37. The molecule has 40 heavy (non-hydrogen) atoms. The lowest BCUT2D eigenvalue weighted by atomic mass is 9.97. The second-order valence-electron chi connectivity index (χ2n) is 11.0. The highest BCUT2D eigenvalue weighted by Crippen LogP contribution is 2.35. The fourth-order valence-corrected chi connectivity index (χ4v) is 5.82. The molecule has 2 saturated heterocycles. The van der Waals surface area contributed by atoms with Gasteiger partial charge in [-0.15, -0.1) is 0 Å². The van der Waals surface area contributed by atoms with Crippen molar-refractivity contribution in [1.82, 2.24) is 24.4 Å². The van der Waals surface area contributed by atoms with Gasteiger partial charge in [0.25, 0.3) is 5.91 Å². The summed E-state index contributed by atoms with van der Waals surface area (Å²) in [4.78, 5) is 39.8. The quantitative estimate of drug-likeness (QED) is 0.521. The number of rotatable bonds is 2. The fourth-order valence-electron chi connectivity index (χ4n) is 5.82. The number of hydrogen-bond donors (Lipinski definition) is 1. The average molecular weight is 547 g/mol. The summed E-state index contributed by atoms with van der Waals surface area (Å²) < 4.78 is 8.04. The lowest BCUT2D eigenvalue weighted by molar-refractivity contribution is -0.129. The Balaban J connectivity index is 1.47. The van der Waals surface area contributed by atoms with Crippen LogP contribution in [0.2, 0.25) is 0 Å². The first kappa shape index (κ1) is 26.4. The molecule has 3 aliphatic rings. The van der Waals surface area contributed by atoms with Crippen LogP contribution in [0.15, 0.2) is 30.3 Å².